The Hall–Kier alpha value is -0.810. The van der Waals surface area contributed by atoms with Gasteiger partial charge in [-0.05, 0) is 37.3 Å². The predicted octanol–water partition coefficient (Wildman–Crippen LogP) is 2.93. The summed E-state index contributed by atoms with van der Waals surface area (Å²) in [6, 6.07) is 7.26. The smallest absolute Gasteiger partial charge is 0.241 e. The van der Waals surface area contributed by atoms with Crippen molar-refractivity contribution < 1.29 is 4.79 Å². The number of hydrogen-bond donors (Lipinski definition) is 2. The fourth-order valence-corrected chi connectivity index (χ4v) is 3.04. The zero-order valence-electron chi connectivity index (χ0n) is 14.8. The minimum absolute atomic E-state index is 0. The molecule has 1 aromatic rings. The molecule has 2 atom stereocenters. The molecule has 1 aromatic carbocycles. The first-order valence-corrected chi connectivity index (χ1v) is 8.28. The van der Waals surface area contributed by atoms with Gasteiger partial charge in [0, 0.05) is 19.6 Å². The van der Waals surface area contributed by atoms with E-state index < -0.39 is 6.04 Å². The Labute approximate surface area is 158 Å². The van der Waals surface area contributed by atoms with Crippen LogP contribution >= 0.6 is 24.8 Å². The summed E-state index contributed by atoms with van der Waals surface area (Å²) in [6.07, 6.45) is 1.16. The number of benzene rings is 1. The van der Waals surface area contributed by atoms with E-state index in [0.29, 0.717) is 11.8 Å². The monoisotopic (exact) mass is 375 g/mol. The largest absolute Gasteiger partial charge is 0.354 e. The zero-order valence-corrected chi connectivity index (χ0v) is 16.5. The first-order chi connectivity index (χ1) is 10.5. The van der Waals surface area contributed by atoms with Gasteiger partial charge in [0.05, 0.1) is 0 Å². The molecule has 1 heterocycles. The summed E-state index contributed by atoms with van der Waals surface area (Å²) in [6.45, 7) is 10.6. The number of nitrogens with zero attached hydrogens (tertiary/aromatic N) is 1. The molecule has 4 nitrogen and oxygen atoms in total. The Morgan fingerprint density at radius 1 is 1.29 bits per heavy atom. The molecule has 0 aliphatic carbocycles. The quantitative estimate of drug-likeness (QED) is 0.803. The van der Waals surface area contributed by atoms with Gasteiger partial charge in [-0.1, -0.05) is 43.7 Å². The lowest BCUT2D eigenvalue weighted by molar-refractivity contribution is -0.122. The van der Waals surface area contributed by atoms with Gasteiger partial charge in [-0.2, -0.15) is 0 Å². The Balaban J connectivity index is 0.00000264. The summed E-state index contributed by atoms with van der Waals surface area (Å²) < 4.78 is 0. The molecule has 0 aromatic heterocycles. The number of carbonyl (C=O) groups is 1. The number of likely N-dealkylation sites (tertiary alicyclic amines) is 1. The summed E-state index contributed by atoms with van der Waals surface area (Å²) in [5.74, 6) is 1.17. The highest BCUT2D eigenvalue weighted by Gasteiger charge is 2.24. The van der Waals surface area contributed by atoms with Crippen molar-refractivity contribution in [1.82, 2.24) is 10.2 Å². The van der Waals surface area contributed by atoms with Crippen LogP contribution in [-0.4, -0.2) is 37.0 Å². The van der Waals surface area contributed by atoms with Crippen LogP contribution in [0, 0.1) is 18.8 Å². The molecular weight excluding hydrogens is 345 g/mol. The zero-order chi connectivity index (χ0) is 16.1. The Bertz CT molecular complexity index is 494. The molecule has 0 radical (unpaired) electrons. The normalized spacial score (nSPS) is 18.6. The molecule has 1 amide bonds. The summed E-state index contributed by atoms with van der Waals surface area (Å²) in [5.41, 5.74) is 8.09. The highest BCUT2D eigenvalue weighted by atomic mass is 35.5. The molecule has 1 aliphatic heterocycles. The van der Waals surface area contributed by atoms with Crippen LogP contribution in [0.3, 0.4) is 0 Å². The van der Waals surface area contributed by atoms with Gasteiger partial charge in [0.2, 0.25) is 5.91 Å². The lowest BCUT2D eigenvalue weighted by atomic mass is 10.0. The molecule has 1 fully saturated rings. The van der Waals surface area contributed by atoms with Crippen molar-refractivity contribution in [2.24, 2.45) is 17.6 Å². The topological polar surface area (TPSA) is 58.4 Å². The molecule has 0 saturated carbocycles. The maximum absolute atomic E-state index is 12.2. The van der Waals surface area contributed by atoms with E-state index in [0.717, 1.165) is 38.2 Å². The van der Waals surface area contributed by atoms with Crippen molar-refractivity contribution in [3.05, 3.63) is 35.4 Å². The average Bonchev–Trinajstić information content (AvgIpc) is 2.91. The molecular formula is C18H31Cl2N3O. The summed E-state index contributed by atoms with van der Waals surface area (Å²) in [7, 11) is 0. The van der Waals surface area contributed by atoms with E-state index in [1.165, 1.54) is 5.56 Å². The molecule has 24 heavy (non-hydrogen) atoms. The average molecular weight is 376 g/mol. The van der Waals surface area contributed by atoms with E-state index >= 15 is 0 Å². The number of carbonyl (C=O) groups excluding carboxylic acids is 1. The first kappa shape index (κ1) is 23.2. The van der Waals surface area contributed by atoms with Crippen LogP contribution < -0.4 is 11.1 Å². The molecule has 6 heteroatoms. The van der Waals surface area contributed by atoms with Gasteiger partial charge >= 0.3 is 0 Å². The molecule has 1 saturated heterocycles. The third-order valence-electron chi connectivity index (χ3n) is 4.28. The first-order valence-electron chi connectivity index (χ1n) is 8.28. The predicted molar refractivity (Wildman–Crippen MR) is 105 cm³/mol. The van der Waals surface area contributed by atoms with Crippen LogP contribution in [0.15, 0.2) is 24.3 Å². The van der Waals surface area contributed by atoms with Crippen molar-refractivity contribution in [2.45, 2.75) is 33.2 Å². The second kappa shape index (κ2) is 10.9. The lowest BCUT2D eigenvalue weighted by Crippen LogP contribution is -2.37. The van der Waals surface area contributed by atoms with Gasteiger partial charge in [-0.3, -0.25) is 4.79 Å². The van der Waals surface area contributed by atoms with Crippen molar-refractivity contribution in [2.75, 3.05) is 26.2 Å². The van der Waals surface area contributed by atoms with Gasteiger partial charge in [0.25, 0.3) is 0 Å². The van der Waals surface area contributed by atoms with Gasteiger partial charge in [0.15, 0.2) is 0 Å². The van der Waals surface area contributed by atoms with E-state index in [1.807, 2.05) is 31.2 Å². The van der Waals surface area contributed by atoms with Crippen LogP contribution in [0.4, 0.5) is 0 Å². The van der Waals surface area contributed by atoms with Gasteiger partial charge in [0.1, 0.15) is 6.04 Å². The summed E-state index contributed by atoms with van der Waals surface area (Å²) in [5, 5.41) is 3.02. The summed E-state index contributed by atoms with van der Waals surface area (Å²) in [4.78, 5) is 14.7. The standard InChI is InChI=1S/C18H29N3O.2ClH/c1-13(2)11-21-9-8-15(12-21)10-20-18(22)17(19)16-6-4-14(3)5-7-16;;/h4-7,13,15,17H,8-12,19H2,1-3H3,(H,20,22);2*1H. The minimum atomic E-state index is -0.575. The molecule has 3 N–H and O–H groups in total. The van der Waals surface area contributed by atoms with Crippen LogP contribution in [0.25, 0.3) is 0 Å². The number of rotatable bonds is 6. The Morgan fingerprint density at radius 2 is 1.92 bits per heavy atom. The van der Waals surface area contributed by atoms with Crippen LogP contribution in [-0.2, 0) is 4.79 Å². The molecule has 0 spiro atoms. The molecule has 2 rings (SSSR count). The highest BCUT2D eigenvalue weighted by Crippen LogP contribution is 2.17. The molecule has 1 aliphatic rings. The maximum Gasteiger partial charge on any atom is 0.241 e. The number of aryl methyl sites for hydroxylation is 1. The Morgan fingerprint density at radius 3 is 2.50 bits per heavy atom. The maximum atomic E-state index is 12.2. The van der Waals surface area contributed by atoms with E-state index in [-0.39, 0.29) is 30.7 Å². The van der Waals surface area contributed by atoms with Crippen molar-refractivity contribution in [3.8, 4) is 0 Å². The SMILES string of the molecule is Cc1ccc(C(N)C(=O)NCC2CCN(CC(C)C)C2)cc1.Cl.Cl. The third kappa shape index (κ3) is 6.98. The van der Waals surface area contributed by atoms with E-state index in [9.17, 15) is 4.79 Å². The van der Waals surface area contributed by atoms with E-state index in [4.69, 9.17) is 5.73 Å². The van der Waals surface area contributed by atoms with Crippen molar-refractivity contribution >= 4 is 30.7 Å². The summed E-state index contributed by atoms with van der Waals surface area (Å²) >= 11 is 0. The Kier molecular flexibility index (Phi) is 10.6. The van der Waals surface area contributed by atoms with E-state index in [2.05, 4.69) is 24.1 Å². The highest BCUT2D eigenvalue weighted by molar-refractivity contribution is 5.85. The number of nitrogens with two attached hydrogens (primary N) is 1. The van der Waals surface area contributed by atoms with Crippen molar-refractivity contribution in [3.63, 3.8) is 0 Å². The molecule has 138 valence electrons. The third-order valence-corrected chi connectivity index (χ3v) is 4.28. The molecule has 2 unspecified atom stereocenters. The van der Waals surface area contributed by atoms with Crippen LogP contribution in [0.1, 0.15) is 37.4 Å². The van der Waals surface area contributed by atoms with Gasteiger partial charge in [-0.15, -0.1) is 24.8 Å². The fourth-order valence-electron chi connectivity index (χ4n) is 3.04. The second-order valence-corrected chi connectivity index (χ2v) is 6.94. The number of hydrogen-bond acceptors (Lipinski definition) is 3. The van der Waals surface area contributed by atoms with Gasteiger partial charge in [-0.25, -0.2) is 0 Å². The van der Waals surface area contributed by atoms with Crippen LogP contribution in [0.2, 0.25) is 0 Å². The van der Waals surface area contributed by atoms with E-state index in [1.54, 1.807) is 0 Å². The van der Waals surface area contributed by atoms with Gasteiger partial charge < -0.3 is 16.0 Å². The number of amides is 1. The van der Waals surface area contributed by atoms with Crippen LogP contribution in [0.5, 0.6) is 0 Å². The molecule has 0 bridgehead atoms. The number of nitrogens with one attached hydrogen (secondary N) is 1. The minimum Gasteiger partial charge on any atom is -0.354 e. The second-order valence-electron chi connectivity index (χ2n) is 6.94. The lowest BCUT2D eigenvalue weighted by Gasteiger charge is -2.19. The number of halogens is 2. The fraction of sp³-hybridized carbons (Fsp3) is 0.611. The van der Waals surface area contributed by atoms with Crippen molar-refractivity contribution in [1.29, 1.82) is 0 Å².